The van der Waals surface area contributed by atoms with Gasteiger partial charge in [-0.15, -0.1) is 0 Å². The Morgan fingerprint density at radius 3 is 2.55 bits per heavy atom. The van der Waals surface area contributed by atoms with Crippen molar-refractivity contribution in [1.82, 2.24) is 20.4 Å². The quantitative estimate of drug-likeness (QED) is 0.776. The van der Waals surface area contributed by atoms with E-state index >= 15 is 0 Å². The van der Waals surface area contributed by atoms with Crippen molar-refractivity contribution in [2.45, 2.75) is 46.2 Å². The van der Waals surface area contributed by atoms with Gasteiger partial charge in [0, 0.05) is 12.7 Å². The fraction of sp³-hybridized carbons (Fsp3) is 0.615. The molecule has 7 nitrogen and oxygen atoms in total. The zero-order chi connectivity index (χ0) is 15.3. The number of rotatable bonds is 4. The molecule has 0 aliphatic rings. The highest BCUT2D eigenvalue weighted by molar-refractivity contribution is 5.97. The van der Waals surface area contributed by atoms with Crippen LogP contribution in [0.2, 0.25) is 0 Å². The van der Waals surface area contributed by atoms with E-state index in [0.717, 1.165) is 5.69 Å². The van der Waals surface area contributed by atoms with Gasteiger partial charge in [0.15, 0.2) is 0 Å². The van der Waals surface area contributed by atoms with E-state index in [9.17, 15) is 9.59 Å². The highest BCUT2D eigenvalue weighted by atomic mass is 16.2. The number of carbonyl (C=O) groups is 2. The van der Waals surface area contributed by atoms with Crippen LogP contribution in [0.1, 0.15) is 34.6 Å². The third kappa shape index (κ3) is 4.56. The number of aromatic nitrogens is 2. The number of carbonyl (C=O) groups excluding carboxylic acids is 2. The topological polar surface area (TPSA) is 88.1 Å². The summed E-state index contributed by atoms with van der Waals surface area (Å²) in [4.78, 5) is 23.0. The van der Waals surface area contributed by atoms with Gasteiger partial charge in [-0.2, -0.15) is 5.10 Å². The van der Waals surface area contributed by atoms with E-state index in [1.165, 1.54) is 0 Å². The number of nitrogens with one attached hydrogen (secondary N) is 3. The van der Waals surface area contributed by atoms with Crippen LogP contribution in [0.15, 0.2) is 12.4 Å². The lowest BCUT2D eigenvalue weighted by molar-refractivity contribution is -0.120. The smallest absolute Gasteiger partial charge is 0.321 e. The molecule has 7 heteroatoms. The maximum Gasteiger partial charge on any atom is 0.321 e. The Balaban J connectivity index is 2.57. The Morgan fingerprint density at radius 2 is 2.05 bits per heavy atom. The summed E-state index contributed by atoms with van der Waals surface area (Å²) in [5.41, 5.74) is 0.616. The summed E-state index contributed by atoms with van der Waals surface area (Å²) in [6.07, 6.45) is 3.48. The summed E-state index contributed by atoms with van der Waals surface area (Å²) in [6.45, 7) is 10.0. The summed E-state index contributed by atoms with van der Waals surface area (Å²) in [5.74, 6) is -0.389. The fourth-order valence-electron chi connectivity index (χ4n) is 1.50. The van der Waals surface area contributed by atoms with E-state index < -0.39 is 12.1 Å². The van der Waals surface area contributed by atoms with Crippen LogP contribution >= 0.6 is 0 Å². The van der Waals surface area contributed by atoms with Crippen LogP contribution in [-0.4, -0.2) is 34.3 Å². The Hall–Kier alpha value is -2.05. The summed E-state index contributed by atoms with van der Waals surface area (Å²) in [7, 11) is 0. The van der Waals surface area contributed by atoms with E-state index in [-0.39, 0.29) is 11.4 Å². The molecule has 0 aromatic carbocycles. The van der Waals surface area contributed by atoms with E-state index in [0.29, 0.717) is 6.54 Å². The van der Waals surface area contributed by atoms with Crippen LogP contribution in [0, 0.1) is 0 Å². The molecule has 1 heterocycles. The second-order valence-corrected chi connectivity index (χ2v) is 5.56. The van der Waals surface area contributed by atoms with Crippen molar-refractivity contribution in [2.24, 2.45) is 0 Å². The van der Waals surface area contributed by atoms with Gasteiger partial charge in [0.05, 0.1) is 17.4 Å². The van der Waals surface area contributed by atoms with Gasteiger partial charge in [-0.1, -0.05) is 0 Å². The molecular formula is C13H23N5O2. The summed E-state index contributed by atoms with van der Waals surface area (Å²) >= 11 is 0. The summed E-state index contributed by atoms with van der Waals surface area (Å²) in [5, 5.41) is 12.0. The van der Waals surface area contributed by atoms with Crippen molar-refractivity contribution < 1.29 is 9.59 Å². The SMILES string of the molecule is CCNC(=O)NC(=O)[C@@H](C)Nc1cnn(C(C)(C)C)c1. The Morgan fingerprint density at radius 1 is 1.40 bits per heavy atom. The lowest BCUT2D eigenvalue weighted by Gasteiger charge is -2.19. The predicted molar refractivity (Wildman–Crippen MR) is 77.5 cm³/mol. The normalized spacial score (nSPS) is 12.7. The van der Waals surface area contributed by atoms with Gasteiger partial charge in [-0.05, 0) is 34.6 Å². The second kappa shape index (κ2) is 6.40. The van der Waals surface area contributed by atoms with Crippen LogP contribution in [0.4, 0.5) is 10.5 Å². The molecule has 1 rings (SSSR count). The van der Waals surface area contributed by atoms with Gasteiger partial charge >= 0.3 is 6.03 Å². The first-order valence-electron chi connectivity index (χ1n) is 6.64. The van der Waals surface area contributed by atoms with Crippen molar-refractivity contribution in [3.8, 4) is 0 Å². The first-order chi connectivity index (χ1) is 9.24. The van der Waals surface area contributed by atoms with Gasteiger partial charge in [0.2, 0.25) is 5.91 Å². The average Bonchev–Trinajstić information content (AvgIpc) is 2.77. The molecule has 0 saturated carbocycles. The molecule has 0 bridgehead atoms. The van der Waals surface area contributed by atoms with Crippen LogP contribution in [0.3, 0.4) is 0 Å². The zero-order valence-electron chi connectivity index (χ0n) is 12.7. The molecular weight excluding hydrogens is 258 g/mol. The molecule has 0 aliphatic carbocycles. The van der Waals surface area contributed by atoms with Crippen LogP contribution in [-0.2, 0) is 10.3 Å². The number of amides is 3. The molecule has 112 valence electrons. The van der Waals surface area contributed by atoms with Crippen LogP contribution < -0.4 is 16.0 Å². The molecule has 1 aromatic heterocycles. The number of nitrogens with zero attached hydrogens (tertiary/aromatic N) is 2. The van der Waals surface area contributed by atoms with Gasteiger partial charge in [0.25, 0.3) is 0 Å². The number of imide groups is 1. The lowest BCUT2D eigenvalue weighted by atomic mass is 10.1. The van der Waals surface area contributed by atoms with Crippen molar-refractivity contribution in [1.29, 1.82) is 0 Å². The maximum absolute atomic E-state index is 11.8. The molecule has 0 radical (unpaired) electrons. The lowest BCUT2D eigenvalue weighted by Crippen LogP contribution is -2.45. The monoisotopic (exact) mass is 281 g/mol. The van der Waals surface area contributed by atoms with E-state index in [2.05, 4.69) is 21.0 Å². The number of urea groups is 1. The predicted octanol–water partition coefficient (Wildman–Crippen LogP) is 1.28. The van der Waals surface area contributed by atoms with Crippen LogP contribution in [0.5, 0.6) is 0 Å². The molecule has 0 fully saturated rings. The molecule has 3 amide bonds. The molecule has 0 spiro atoms. The first-order valence-corrected chi connectivity index (χ1v) is 6.64. The molecule has 3 N–H and O–H groups in total. The Labute approximate surface area is 119 Å². The third-order valence-electron chi connectivity index (χ3n) is 2.62. The molecule has 20 heavy (non-hydrogen) atoms. The molecule has 1 aromatic rings. The maximum atomic E-state index is 11.8. The molecule has 1 atom stereocenters. The molecule has 0 aliphatic heterocycles. The van der Waals surface area contributed by atoms with Crippen molar-refractivity contribution in [3.05, 3.63) is 12.4 Å². The van der Waals surface area contributed by atoms with Crippen molar-refractivity contribution in [3.63, 3.8) is 0 Å². The third-order valence-corrected chi connectivity index (χ3v) is 2.62. The summed E-state index contributed by atoms with van der Waals surface area (Å²) < 4.78 is 1.81. The Bertz CT molecular complexity index is 475. The number of anilines is 1. The highest BCUT2D eigenvalue weighted by Crippen LogP contribution is 2.16. The molecule has 0 saturated heterocycles. The van der Waals surface area contributed by atoms with Gasteiger partial charge < -0.3 is 10.6 Å². The van der Waals surface area contributed by atoms with Gasteiger partial charge in [0.1, 0.15) is 6.04 Å². The van der Waals surface area contributed by atoms with Crippen molar-refractivity contribution >= 4 is 17.6 Å². The van der Waals surface area contributed by atoms with Gasteiger partial charge in [-0.3, -0.25) is 14.8 Å². The van der Waals surface area contributed by atoms with E-state index in [1.807, 2.05) is 31.6 Å². The molecule has 0 unspecified atom stereocenters. The van der Waals surface area contributed by atoms with Crippen LogP contribution in [0.25, 0.3) is 0 Å². The minimum Gasteiger partial charge on any atom is -0.371 e. The average molecular weight is 281 g/mol. The van der Waals surface area contributed by atoms with Gasteiger partial charge in [-0.25, -0.2) is 4.79 Å². The second-order valence-electron chi connectivity index (χ2n) is 5.56. The number of hydrogen-bond acceptors (Lipinski definition) is 4. The standard InChI is InChI=1S/C13H23N5O2/c1-6-14-12(20)17-11(19)9(2)16-10-7-15-18(8-10)13(3,4)5/h7-9,16H,6H2,1-5H3,(H2,14,17,19,20)/t9-/m1/s1. The zero-order valence-corrected chi connectivity index (χ0v) is 12.7. The summed E-state index contributed by atoms with van der Waals surface area (Å²) in [6, 6.07) is -1.02. The fourth-order valence-corrected chi connectivity index (χ4v) is 1.50. The van der Waals surface area contributed by atoms with E-state index in [4.69, 9.17) is 0 Å². The largest absolute Gasteiger partial charge is 0.371 e. The van der Waals surface area contributed by atoms with Crippen molar-refractivity contribution in [2.75, 3.05) is 11.9 Å². The highest BCUT2D eigenvalue weighted by Gasteiger charge is 2.18. The Kier molecular flexibility index (Phi) is 5.12. The van der Waals surface area contributed by atoms with E-state index in [1.54, 1.807) is 20.0 Å². The number of hydrogen-bond donors (Lipinski definition) is 3. The minimum atomic E-state index is -0.532. The first kappa shape index (κ1) is 16.0. The minimum absolute atomic E-state index is 0.119.